The number of aromatic nitrogens is 2. The Balaban J connectivity index is 1.73. The lowest BCUT2D eigenvalue weighted by Crippen LogP contribution is -2.36. The topological polar surface area (TPSA) is 58.1 Å². The first kappa shape index (κ1) is 19.5. The van der Waals surface area contributed by atoms with E-state index in [1.807, 2.05) is 44.2 Å². The molecule has 1 N–H and O–H groups in total. The summed E-state index contributed by atoms with van der Waals surface area (Å²) < 4.78 is 13.8. The number of nitrogens with zero attached hydrogens (tertiary/aromatic N) is 3. The van der Waals surface area contributed by atoms with Gasteiger partial charge in [-0.25, -0.2) is 14.4 Å². The van der Waals surface area contributed by atoms with E-state index in [-0.39, 0.29) is 24.3 Å². The number of rotatable bonds is 7. The monoisotopic (exact) mass is 378 g/mol. The Bertz CT molecular complexity index is 931. The third-order valence-corrected chi connectivity index (χ3v) is 4.38. The lowest BCUT2D eigenvalue weighted by molar-refractivity contribution is 0.0684. The molecule has 0 atom stereocenters. The second kappa shape index (κ2) is 9.08. The fourth-order valence-corrected chi connectivity index (χ4v) is 2.81. The van der Waals surface area contributed by atoms with Crippen LogP contribution in [-0.2, 0) is 13.1 Å². The molecule has 28 heavy (non-hydrogen) atoms. The normalized spacial score (nSPS) is 10.7. The number of carbonyl (C=O) groups excluding carboxylic acids is 1. The van der Waals surface area contributed by atoms with E-state index in [0.717, 1.165) is 5.56 Å². The van der Waals surface area contributed by atoms with Crippen LogP contribution in [0.1, 0.15) is 35.5 Å². The van der Waals surface area contributed by atoms with Gasteiger partial charge in [0.1, 0.15) is 23.7 Å². The lowest BCUT2D eigenvalue weighted by atomic mass is 10.1. The van der Waals surface area contributed by atoms with Crippen LogP contribution in [0.5, 0.6) is 0 Å². The van der Waals surface area contributed by atoms with E-state index >= 15 is 0 Å². The van der Waals surface area contributed by atoms with Crippen LogP contribution in [0.2, 0.25) is 0 Å². The first-order chi connectivity index (χ1) is 13.5. The van der Waals surface area contributed by atoms with Gasteiger partial charge >= 0.3 is 0 Å². The highest BCUT2D eigenvalue weighted by Crippen LogP contribution is 2.15. The molecule has 6 heteroatoms. The molecule has 0 spiro atoms. The minimum Gasteiger partial charge on any atom is -0.366 e. The molecule has 0 unspecified atom stereocenters. The third kappa shape index (κ3) is 4.91. The van der Waals surface area contributed by atoms with Crippen LogP contribution >= 0.6 is 0 Å². The molecule has 0 radical (unpaired) electrons. The summed E-state index contributed by atoms with van der Waals surface area (Å²) in [4.78, 5) is 23.1. The second-order valence-corrected chi connectivity index (χ2v) is 6.75. The van der Waals surface area contributed by atoms with Gasteiger partial charge in [0.05, 0.1) is 0 Å². The van der Waals surface area contributed by atoms with Crippen LogP contribution < -0.4 is 5.32 Å². The number of anilines is 1. The molecule has 1 amide bonds. The van der Waals surface area contributed by atoms with Crippen molar-refractivity contribution in [1.29, 1.82) is 0 Å². The van der Waals surface area contributed by atoms with Crippen molar-refractivity contribution in [2.24, 2.45) is 0 Å². The number of halogens is 1. The molecule has 3 rings (SSSR count). The molecule has 0 fully saturated rings. The van der Waals surface area contributed by atoms with Crippen molar-refractivity contribution >= 4 is 11.7 Å². The predicted molar refractivity (Wildman–Crippen MR) is 107 cm³/mol. The minimum atomic E-state index is -0.283. The molecule has 144 valence electrons. The summed E-state index contributed by atoms with van der Waals surface area (Å²) in [6.45, 7) is 4.72. The highest BCUT2D eigenvalue weighted by atomic mass is 19.1. The van der Waals surface area contributed by atoms with Crippen LogP contribution in [0.15, 0.2) is 67.0 Å². The van der Waals surface area contributed by atoms with Crippen LogP contribution in [0.4, 0.5) is 10.2 Å². The smallest absolute Gasteiger partial charge is 0.273 e. The van der Waals surface area contributed by atoms with Gasteiger partial charge in [-0.2, -0.15) is 0 Å². The molecular formula is C22H23FN4O. The summed E-state index contributed by atoms with van der Waals surface area (Å²) in [5.41, 5.74) is 1.88. The van der Waals surface area contributed by atoms with Crippen LogP contribution in [0.3, 0.4) is 0 Å². The standard InChI is InChI=1S/C22H23FN4O/c1-16(2)27(14-17-8-4-3-5-9-17)22(28)20-12-21(26-15-25-20)24-13-18-10-6-7-11-19(18)23/h3-12,15-16H,13-14H2,1-2H3,(H,24,25,26). The summed E-state index contributed by atoms with van der Waals surface area (Å²) in [7, 11) is 0. The van der Waals surface area contributed by atoms with Crippen LogP contribution in [0.25, 0.3) is 0 Å². The Morgan fingerprint density at radius 2 is 1.79 bits per heavy atom. The molecule has 1 heterocycles. The quantitative estimate of drug-likeness (QED) is 0.667. The van der Waals surface area contributed by atoms with Crippen molar-refractivity contribution in [3.8, 4) is 0 Å². The van der Waals surface area contributed by atoms with E-state index in [1.54, 1.807) is 29.2 Å². The summed E-state index contributed by atoms with van der Waals surface area (Å²) in [5.74, 6) is 0.0226. The summed E-state index contributed by atoms with van der Waals surface area (Å²) in [6, 6.07) is 18.0. The van der Waals surface area contributed by atoms with Crippen molar-refractivity contribution in [3.05, 3.63) is 89.6 Å². The van der Waals surface area contributed by atoms with Gasteiger partial charge in [-0.3, -0.25) is 4.79 Å². The number of benzene rings is 2. The fraction of sp³-hybridized carbons (Fsp3) is 0.227. The average Bonchev–Trinajstić information content (AvgIpc) is 2.72. The van der Waals surface area contributed by atoms with E-state index in [9.17, 15) is 9.18 Å². The molecule has 0 bridgehead atoms. The SMILES string of the molecule is CC(C)N(Cc1ccccc1)C(=O)c1cc(NCc2ccccc2F)ncn1. The van der Waals surface area contributed by atoms with Crippen molar-refractivity contribution in [3.63, 3.8) is 0 Å². The van der Waals surface area contributed by atoms with Gasteiger partial charge in [0.25, 0.3) is 5.91 Å². The second-order valence-electron chi connectivity index (χ2n) is 6.75. The van der Waals surface area contributed by atoms with E-state index < -0.39 is 0 Å². The van der Waals surface area contributed by atoms with Gasteiger partial charge in [0.2, 0.25) is 0 Å². The summed E-state index contributed by atoms with van der Waals surface area (Å²) >= 11 is 0. The molecule has 0 aliphatic rings. The van der Waals surface area contributed by atoms with Crippen molar-refractivity contribution in [2.75, 3.05) is 5.32 Å². The maximum Gasteiger partial charge on any atom is 0.273 e. The molecule has 1 aromatic heterocycles. The van der Waals surface area contributed by atoms with Gasteiger partial charge in [-0.15, -0.1) is 0 Å². The Labute approximate surface area is 164 Å². The molecule has 0 aliphatic carbocycles. The summed E-state index contributed by atoms with van der Waals surface area (Å²) in [6.07, 6.45) is 1.35. The van der Waals surface area contributed by atoms with E-state index in [2.05, 4.69) is 15.3 Å². The maximum atomic E-state index is 13.8. The van der Waals surface area contributed by atoms with Crippen molar-refractivity contribution in [2.45, 2.75) is 33.0 Å². The van der Waals surface area contributed by atoms with Crippen LogP contribution in [0, 0.1) is 5.82 Å². The molecule has 2 aromatic carbocycles. The zero-order valence-electron chi connectivity index (χ0n) is 16.0. The molecular weight excluding hydrogens is 355 g/mol. The van der Waals surface area contributed by atoms with E-state index in [4.69, 9.17) is 0 Å². The highest BCUT2D eigenvalue weighted by molar-refractivity contribution is 5.93. The zero-order valence-corrected chi connectivity index (χ0v) is 16.0. The predicted octanol–water partition coefficient (Wildman–Crippen LogP) is 4.28. The van der Waals surface area contributed by atoms with Crippen LogP contribution in [-0.4, -0.2) is 26.8 Å². The Morgan fingerprint density at radius 1 is 1.07 bits per heavy atom. The van der Waals surface area contributed by atoms with E-state index in [1.165, 1.54) is 12.4 Å². The summed E-state index contributed by atoms with van der Waals surface area (Å²) in [5, 5.41) is 3.05. The highest BCUT2D eigenvalue weighted by Gasteiger charge is 2.21. The van der Waals surface area contributed by atoms with Gasteiger partial charge in [0, 0.05) is 30.8 Å². The van der Waals surface area contributed by atoms with Gasteiger partial charge in [0.15, 0.2) is 0 Å². The van der Waals surface area contributed by atoms with Gasteiger partial charge in [-0.05, 0) is 25.5 Å². The minimum absolute atomic E-state index is 0.0116. The first-order valence-corrected chi connectivity index (χ1v) is 9.19. The van der Waals surface area contributed by atoms with Crippen molar-refractivity contribution < 1.29 is 9.18 Å². The van der Waals surface area contributed by atoms with Crippen molar-refractivity contribution in [1.82, 2.24) is 14.9 Å². The van der Waals surface area contributed by atoms with E-state index in [0.29, 0.717) is 23.6 Å². The zero-order chi connectivity index (χ0) is 19.9. The Kier molecular flexibility index (Phi) is 6.32. The molecule has 0 aliphatic heterocycles. The number of amides is 1. The lowest BCUT2D eigenvalue weighted by Gasteiger charge is -2.26. The molecule has 3 aromatic rings. The number of carbonyl (C=O) groups is 1. The Morgan fingerprint density at radius 3 is 2.50 bits per heavy atom. The first-order valence-electron chi connectivity index (χ1n) is 9.19. The number of hydrogen-bond donors (Lipinski definition) is 1. The Hall–Kier alpha value is -3.28. The van der Waals surface area contributed by atoms with Gasteiger partial charge < -0.3 is 10.2 Å². The third-order valence-electron chi connectivity index (χ3n) is 4.38. The number of hydrogen-bond acceptors (Lipinski definition) is 4. The van der Waals surface area contributed by atoms with Gasteiger partial charge in [-0.1, -0.05) is 48.5 Å². The average molecular weight is 378 g/mol. The maximum absolute atomic E-state index is 13.8. The molecule has 0 saturated carbocycles. The molecule has 0 saturated heterocycles. The largest absolute Gasteiger partial charge is 0.366 e. The molecule has 5 nitrogen and oxygen atoms in total. The number of nitrogens with one attached hydrogen (secondary N) is 1. The fourth-order valence-electron chi connectivity index (χ4n) is 2.81.